The molecule has 2 aliphatic rings. The van der Waals surface area contributed by atoms with Crippen LogP contribution >= 0.6 is 0 Å². The first kappa shape index (κ1) is 18.7. The quantitative estimate of drug-likeness (QED) is 0.813. The van der Waals surface area contributed by atoms with Crippen LogP contribution in [0.25, 0.3) is 0 Å². The lowest BCUT2D eigenvalue weighted by molar-refractivity contribution is -0.143. The Labute approximate surface area is 156 Å². The molecule has 1 aromatic carbocycles. The van der Waals surface area contributed by atoms with Crippen LogP contribution in [0.4, 0.5) is 0 Å². The second-order valence-corrected chi connectivity index (χ2v) is 7.74. The molecule has 1 aromatic rings. The summed E-state index contributed by atoms with van der Waals surface area (Å²) in [6.07, 6.45) is 3.65. The van der Waals surface area contributed by atoms with Gasteiger partial charge in [0, 0.05) is 32.1 Å². The zero-order chi connectivity index (χ0) is 18.7. The van der Waals surface area contributed by atoms with Crippen LogP contribution in [0.1, 0.15) is 50.2 Å². The van der Waals surface area contributed by atoms with Crippen molar-refractivity contribution < 1.29 is 14.3 Å². The summed E-state index contributed by atoms with van der Waals surface area (Å²) in [5.74, 6) is 1.90. The van der Waals surface area contributed by atoms with Crippen LogP contribution in [0.5, 0.6) is 5.75 Å². The van der Waals surface area contributed by atoms with Gasteiger partial charge in [-0.1, -0.05) is 32.4 Å². The van der Waals surface area contributed by atoms with E-state index in [1.54, 1.807) is 7.11 Å². The van der Waals surface area contributed by atoms with Crippen molar-refractivity contribution in [3.05, 3.63) is 29.3 Å². The third-order valence-corrected chi connectivity index (χ3v) is 5.67. The molecule has 2 fully saturated rings. The van der Waals surface area contributed by atoms with Crippen LogP contribution in [-0.2, 0) is 16.0 Å². The number of carbonyl (C=O) groups is 2. The van der Waals surface area contributed by atoms with E-state index in [-0.39, 0.29) is 11.8 Å². The summed E-state index contributed by atoms with van der Waals surface area (Å²) in [6, 6.07) is 6.00. The molecule has 3 rings (SSSR count). The number of rotatable bonds is 5. The number of ether oxygens (including phenoxy) is 1. The van der Waals surface area contributed by atoms with E-state index in [1.807, 2.05) is 21.9 Å². The molecule has 5 nitrogen and oxygen atoms in total. The largest absolute Gasteiger partial charge is 0.496 e. The minimum atomic E-state index is 0.139. The van der Waals surface area contributed by atoms with E-state index in [0.717, 1.165) is 29.7 Å². The molecule has 0 atom stereocenters. The maximum Gasteiger partial charge on any atom is 0.227 e. The molecule has 0 radical (unpaired) electrons. The number of carbonyl (C=O) groups excluding carboxylic acids is 2. The Morgan fingerprint density at radius 1 is 1.12 bits per heavy atom. The summed E-state index contributed by atoms with van der Waals surface area (Å²) in [5.41, 5.74) is 2.15. The maximum atomic E-state index is 12.7. The Morgan fingerprint density at radius 2 is 1.77 bits per heavy atom. The van der Waals surface area contributed by atoms with Crippen LogP contribution in [0.3, 0.4) is 0 Å². The molecule has 1 saturated heterocycles. The van der Waals surface area contributed by atoms with Crippen LogP contribution < -0.4 is 4.74 Å². The molecular formula is C21H30N2O3. The molecule has 1 heterocycles. The highest BCUT2D eigenvalue weighted by molar-refractivity contribution is 5.81. The SMILES string of the molecule is COc1ccc(CC(=O)N2CCN(C(=O)C3CCC3)CC2)cc1C(C)C. The fourth-order valence-electron chi connectivity index (χ4n) is 3.72. The van der Waals surface area contributed by atoms with Gasteiger partial charge in [-0.25, -0.2) is 0 Å². The second-order valence-electron chi connectivity index (χ2n) is 7.74. The Bertz CT molecular complexity index is 659. The van der Waals surface area contributed by atoms with Gasteiger partial charge in [0.05, 0.1) is 13.5 Å². The minimum absolute atomic E-state index is 0.139. The van der Waals surface area contributed by atoms with Gasteiger partial charge in [-0.05, 0) is 36.0 Å². The number of piperazine rings is 1. The molecule has 1 aliphatic heterocycles. The topological polar surface area (TPSA) is 49.9 Å². The van der Waals surface area contributed by atoms with E-state index in [1.165, 1.54) is 6.42 Å². The summed E-state index contributed by atoms with van der Waals surface area (Å²) in [5, 5.41) is 0. The number of nitrogens with zero attached hydrogens (tertiary/aromatic N) is 2. The molecule has 0 N–H and O–H groups in total. The van der Waals surface area contributed by atoms with Gasteiger partial charge in [0.25, 0.3) is 0 Å². The number of hydrogen-bond acceptors (Lipinski definition) is 3. The van der Waals surface area contributed by atoms with Gasteiger partial charge in [0.1, 0.15) is 5.75 Å². The van der Waals surface area contributed by atoms with Crippen molar-refractivity contribution in [1.29, 1.82) is 0 Å². The highest BCUT2D eigenvalue weighted by Gasteiger charge is 2.32. The van der Waals surface area contributed by atoms with Gasteiger partial charge in [0.2, 0.25) is 11.8 Å². The van der Waals surface area contributed by atoms with E-state index >= 15 is 0 Å². The Morgan fingerprint density at radius 3 is 2.31 bits per heavy atom. The van der Waals surface area contributed by atoms with Crippen molar-refractivity contribution in [2.45, 2.75) is 45.4 Å². The summed E-state index contributed by atoms with van der Waals surface area (Å²) < 4.78 is 5.42. The van der Waals surface area contributed by atoms with Gasteiger partial charge in [-0.3, -0.25) is 9.59 Å². The van der Waals surface area contributed by atoms with E-state index in [2.05, 4.69) is 19.9 Å². The molecule has 26 heavy (non-hydrogen) atoms. The van der Waals surface area contributed by atoms with Gasteiger partial charge in [-0.2, -0.15) is 0 Å². The van der Waals surface area contributed by atoms with Crippen molar-refractivity contribution in [2.24, 2.45) is 5.92 Å². The van der Waals surface area contributed by atoms with Crippen molar-refractivity contribution in [3.63, 3.8) is 0 Å². The zero-order valence-electron chi connectivity index (χ0n) is 16.2. The van der Waals surface area contributed by atoms with E-state index in [9.17, 15) is 9.59 Å². The Hall–Kier alpha value is -2.04. The molecule has 1 saturated carbocycles. The molecule has 1 aliphatic carbocycles. The van der Waals surface area contributed by atoms with Gasteiger partial charge < -0.3 is 14.5 Å². The van der Waals surface area contributed by atoms with Crippen LogP contribution in [0.15, 0.2) is 18.2 Å². The first-order valence-electron chi connectivity index (χ1n) is 9.73. The maximum absolute atomic E-state index is 12.7. The summed E-state index contributed by atoms with van der Waals surface area (Å²) in [7, 11) is 1.68. The Balaban J connectivity index is 1.56. The summed E-state index contributed by atoms with van der Waals surface area (Å²) in [4.78, 5) is 28.8. The van der Waals surface area contributed by atoms with Gasteiger partial charge >= 0.3 is 0 Å². The summed E-state index contributed by atoms with van der Waals surface area (Å²) in [6.45, 7) is 6.88. The van der Waals surface area contributed by atoms with E-state index < -0.39 is 0 Å². The third-order valence-electron chi connectivity index (χ3n) is 5.67. The average Bonchev–Trinajstić information content (AvgIpc) is 2.60. The molecule has 0 aromatic heterocycles. The Kier molecular flexibility index (Phi) is 5.84. The predicted octanol–water partition coefficient (Wildman–Crippen LogP) is 2.83. The standard InChI is InChI=1S/C21H30N2O3/c1-15(2)18-13-16(7-8-19(18)26-3)14-20(24)22-9-11-23(12-10-22)21(25)17-5-4-6-17/h7-8,13,15,17H,4-6,9-12,14H2,1-3H3. The molecule has 0 unspecified atom stereocenters. The lowest BCUT2D eigenvalue weighted by Gasteiger charge is -2.38. The minimum Gasteiger partial charge on any atom is -0.496 e. The van der Waals surface area contributed by atoms with Crippen molar-refractivity contribution in [2.75, 3.05) is 33.3 Å². The molecule has 0 bridgehead atoms. The predicted molar refractivity (Wildman–Crippen MR) is 101 cm³/mol. The van der Waals surface area contributed by atoms with Gasteiger partial charge in [-0.15, -0.1) is 0 Å². The third kappa shape index (κ3) is 4.02. The monoisotopic (exact) mass is 358 g/mol. The number of hydrogen-bond donors (Lipinski definition) is 0. The van der Waals surface area contributed by atoms with Gasteiger partial charge in [0.15, 0.2) is 0 Å². The normalized spacial score (nSPS) is 18.0. The highest BCUT2D eigenvalue weighted by Crippen LogP contribution is 2.29. The first-order valence-corrected chi connectivity index (χ1v) is 9.73. The van der Waals surface area contributed by atoms with E-state index in [4.69, 9.17) is 4.74 Å². The molecular weight excluding hydrogens is 328 g/mol. The smallest absolute Gasteiger partial charge is 0.227 e. The fourth-order valence-corrected chi connectivity index (χ4v) is 3.72. The molecule has 142 valence electrons. The lowest BCUT2D eigenvalue weighted by Crippen LogP contribution is -2.52. The number of amides is 2. The van der Waals surface area contributed by atoms with Crippen LogP contribution in [0, 0.1) is 5.92 Å². The number of methoxy groups -OCH3 is 1. The average molecular weight is 358 g/mol. The lowest BCUT2D eigenvalue weighted by atomic mass is 9.84. The zero-order valence-corrected chi connectivity index (χ0v) is 16.2. The van der Waals surface area contributed by atoms with E-state index in [0.29, 0.717) is 44.4 Å². The second kappa shape index (κ2) is 8.11. The van der Waals surface area contributed by atoms with Crippen LogP contribution in [0.2, 0.25) is 0 Å². The first-order chi connectivity index (χ1) is 12.5. The summed E-state index contributed by atoms with van der Waals surface area (Å²) >= 11 is 0. The van der Waals surface area contributed by atoms with Crippen molar-refractivity contribution in [3.8, 4) is 5.75 Å². The van der Waals surface area contributed by atoms with Crippen LogP contribution in [-0.4, -0.2) is 54.9 Å². The molecule has 5 heteroatoms. The van der Waals surface area contributed by atoms with Crippen molar-refractivity contribution >= 4 is 11.8 Å². The van der Waals surface area contributed by atoms with Crippen molar-refractivity contribution in [1.82, 2.24) is 9.80 Å². The molecule has 0 spiro atoms. The number of benzene rings is 1. The highest BCUT2D eigenvalue weighted by atomic mass is 16.5. The fraction of sp³-hybridized carbons (Fsp3) is 0.619. The molecule has 2 amide bonds.